The third kappa shape index (κ3) is 23.0. The van der Waals surface area contributed by atoms with Gasteiger partial charge in [0.2, 0.25) is 23.6 Å². The van der Waals surface area contributed by atoms with Gasteiger partial charge in [0.25, 0.3) is 23.6 Å². The van der Waals surface area contributed by atoms with E-state index in [4.69, 9.17) is 76.3 Å². The van der Waals surface area contributed by atoms with Crippen molar-refractivity contribution in [1.82, 2.24) is 16.0 Å². The molecule has 8 amide bonds. The van der Waals surface area contributed by atoms with Crippen molar-refractivity contribution in [3.05, 3.63) is 95.1 Å². The van der Waals surface area contributed by atoms with Gasteiger partial charge in [0.15, 0.2) is 23.8 Å². The summed E-state index contributed by atoms with van der Waals surface area (Å²) >= 11 is 0. The summed E-state index contributed by atoms with van der Waals surface area (Å²) < 4.78 is 21.7. The van der Waals surface area contributed by atoms with Crippen LogP contribution in [-0.4, -0.2) is 150 Å². The molecule has 4 rings (SSSR count). The molecule has 0 saturated carbocycles. The summed E-state index contributed by atoms with van der Waals surface area (Å²) in [6.07, 6.45) is 1.24. The van der Waals surface area contributed by atoms with Crippen LogP contribution in [0.2, 0.25) is 0 Å². The van der Waals surface area contributed by atoms with E-state index in [9.17, 15) is 38.4 Å². The number of hydrogen-bond donors (Lipinski definition) is 17. The molecule has 4 atom stereocenters. The maximum atomic E-state index is 14.4. The van der Waals surface area contributed by atoms with Crippen molar-refractivity contribution in [1.29, 1.82) is 0 Å². The lowest BCUT2D eigenvalue weighted by molar-refractivity contribution is -0.118. The van der Waals surface area contributed by atoms with Crippen LogP contribution in [0.25, 0.3) is 0 Å². The van der Waals surface area contributed by atoms with Crippen LogP contribution in [0.5, 0.6) is 23.0 Å². The lowest BCUT2D eigenvalue weighted by Gasteiger charge is -2.21. The quantitative estimate of drug-likeness (QED) is 0.0142. The van der Waals surface area contributed by atoms with Crippen molar-refractivity contribution in [2.24, 2.45) is 77.3 Å². The first-order valence-corrected chi connectivity index (χ1v) is 27.5. The van der Waals surface area contributed by atoms with Crippen LogP contribution >= 0.6 is 0 Å². The van der Waals surface area contributed by atoms with Crippen LogP contribution < -0.4 is 114 Å². The largest absolute Gasteiger partial charge is 0.496 e. The first-order chi connectivity index (χ1) is 42.4. The number of primary amides is 1. The van der Waals surface area contributed by atoms with Gasteiger partial charge < -0.3 is 114 Å². The molecule has 0 unspecified atom stereocenters. The summed E-state index contributed by atoms with van der Waals surface area (Å²) in [6, 6.07) is 12.0. The molecule has 0 aliphatic rings. The Kier molecular flexibility index (Phi) is 28.0. The van der Waals surface area contributed by atoms with E-state index in [2.05, 4.69) is 57.2 Å². The number of nitrogens with two attached hydrogens (primary N) is 10. The van der Waals surface area contributed by atoms with E-state index >= 15 is 0 Å². The Bertz CT molecular complexity index is 3290. The zero-order valence-corrected chi connectivity index (χ0v) is 49.7. The molecule has 89 heavy (non-hydrogen) atoms. The maximum absolute atomic E-state index is 14.4. The molecular formula is C56H79N21O12. The van der Waals surface area contributed by atoms with Gasteiger partial charge in [-0.25, -0.2) is 0 Å². The summed E-state index contributed by atoms with van der Waals surface area (Å²) in [7, 11) is 5.28. The van der Waals surface area contributed by atoms with Crippen LogP contribution in [0.4, 0.5) is 22.7 Å². The van der Waals surface area contributed by atoms with Crippen molar-refractivity contribution in [2.45, 2.75) is 75.5 Å². The fourth-order valence-electron chi connectivity index (χ4n) is 8.47. The number of aliphatic imine (C=N–C) groups is 4. The number of nitrogens with zero attached hydrogens (tertiary/aromatic N) is 4. The summed E-state index contributed by atoms with van der Waals surface area (Å²) in [4.78, 5) is 126. The molecule has 0 aliphatic carbocycles. The van der Waals surface area contributed by atoms with E-state index in [1.165, 1.54) is 101 Å². The number of amides is 8. The number of hydrogen-bond acceptors (Lipinski definition) is 17. The van der Waals surface area contributed by atoms with Gasteiger partial charge in [-0.15, -0.1) is 0 Å². The molecule has 0 aliphatic heterocycles. The maximum Gasteiger partial charge on any atom is 0.255 e. The van der Waals surface area contributed by atoms with E-state index in [-0.39, 0.29) is 163 Å². The summed E-state index contributed by atoms with van der Waals surface area (Å²) in [5.41, 5.74) is 55.7. The Balaban J connectivity index is 1.60. The average molecular weight is 1240 g/mol. The minimum atomic E-state index is -1.32. The van der Waals surface area contributed by atoms with Gasteiger partial charge in [-0.05, 0) is 124 Å². The number of benzene rings is 4. The summed E-state index contributed by atoms with van der Waals surface area (Å²) in [6.45, 7) is 0.509. The second-order valence-electron chi connectivity index (χ2n) is 19.5. The number of carbonyl (C=O) groups excluding carboxylic acids is 8. The number of methoxy groups -OCH3 is 4. The zero-order chi connectivity index (χ0) is 65.7. The molecule has 0 saturated heterocycles. The van der Waals surface area contributed by atoms with E-state index in [1.54, 1.807) is 0 Å². The standard InChI is InChI=1S/C56H79N21O12/c1-86-41-17-13-29(25-33(41)45(58)78)72-50(83)38(10-6-22-68-54(61)62)75-47(80)35-27-31(15-19-43(35)88-3)74-52(85)40(12-8-24-70-56(65)66)77-48(81)36-28-32(16-20-44(36)89-4)73-51(84)39(11-7-23-69-55(63)64)76-46(79)34-26-30(14-18-42(34)87-2)71-49(82)37(57)9-5-21-67-53(59)60/h13-20,25-28,37-40H,5-12,21-24,57H2,1-4H3,(H2,58,78)(H,71,82)(H,72,83)(H,73,84)(H,74,85)(H,75,80)(H,76,79)(H,77,81)(H4,59,60,67)(H4,61,62,68)(H4,63,64,69)(H4,65,66,70)/t37-,38-,39+,40-/m1/s1. The van der Waals surface area contributed by atoms with E-state index < -0.39 is 71.4 Å². The second kappa shape index (κ2) is 35.4. The van der Waals surface area contributed by atoms with Gasteiger partial charge >= 0.3 is 0 Å². The van der Waals surface area contributed by atoms with Gasteiger partial charge in [-0.3, -0.25) is 58.3 Å². The van der Waals surface area contributed by atoms with Crippen LogP contribution in [0.15, 0.2) is 92.8 Å². The molecule has 0 heterocycles. The van der Waals surface area contributed by atoms with E-state index in [0.717, 1.165) is 0 Å². The van der Waals surface area contributed by atoms with Crippen molar-refractivity contribution in [3.8, 4) is 23.0 Å². The number of ether oxygens (including phenoxy) is 4. The molecule has 4 aromatic carbocycles. The SMILES string of the molecule is COc1ccc(NC(=O)[C@@H](CCCN=C(N)N)NC(=O)c2cc(NC(=O)[C@@H](CCCN=C(N)N)NC(=O)c3cc(NC(=O)[C@H](CCCN=C(N)N)NC(=O)c4cc(NC(=O)[C@H](N)CCCN=C(N)N)ccc4OC)ccc3OC)ccc2OC)cc1C(N)=O. The lowest BCUT2D eigenvalue weighted by Crippen LogP contribution is -2.44. The Hall–Kier alpha value is -11.1. The smallest absolute Gasteiger partial charge is 0.255 e. The molecule has 0 spiro atoms. The minimum absolute atomic E-state index is 0.00536. The average Bonchev–Trinajstić information content (AvgIpc) is 2.33. The fourth-order valence-corrected chi connectivity index (χ4v) is 8.47. The summed E-state index contributed by atoms with van der Waals surface area (Å²) in [5.74, 6) is -6.33. The molecule has 0 bridgehead atoms. The van der Waals surface area contributed by atoms with Gasteiger partial charge in [-0.2, -0.15) is 0 Å². The van der Waals surface area contributed by atoms with Crippen LogP contribution in [-0.2, 0) is 19.2 Å². The van der Waals surface area contributed by atoms with E-state index in [1.807, 2.05) is 0 Å². The van der Waals surface area contributed by atoms with Crippen molar-refractivity contribution < 1.29 is 57.3 Å². The molecule has 0 radical (unpaired) electrons. The highest BCUT2D eigenvalue weighted by Crippen LogP contribution is 2.28. The summed E-state index contributed by atoms with van der Waals surface area (Å²) in [5, 5.41) is 18.9. The number of nitrogens with one attached hydrogen (secondary N) is 7. The fraction of sp³-hybridized carbons (Fsp3) is 0.357. The molecule has 33 nitrogen and oxygen atoms in total. The second-order valence-corrected chi connectivity index (χ2v) is 19.5. The topological polar surface area (TPSA) is 567 Å². The Morgan fingerprint density at radius 2 is 0.618 bits per heavy atom. The molecule has 33 heteroatoms. The van der Waals surface area contributed by atoms with Gasteiger partial charge in [0, 0.05) is 48.9 Å². The van der Waals surface area contributed by atoms with Gasteiger partial charge in [0.05, 0.1) is 56.7 Å². The molecular weight excluding hydrogens is 1160 g/mol. The third-order valence-corrected chi connectivity index (χ3v) is 12.9. The Morgan fingerprint density at radius 3 is 0.876 bits per heavy atom. The third-order valence-electron chi connectivity index (χ3n) is 12.9. The van der Waals surface area contributed by atoms with Crippen molar-refractivity contribution >= 4 is 93.8 Å². The molecule has 480 valence electrons. The zero-order valence-electron chi connectivity index (χ0n) is 49.7. The Morgan fingerprint density at radius 1 is 0.371 bits per heavy atom. The first kappa shape index (κ1) is 70.4. The minimum Gasteiger partial charge on any atom is -0.496 e. The lowest BCUT2D eigenvalue weighted by atomic mass is 10.1. The molecule has 27 N–H and O–H groups in total. The molecule has 0 fully saturated rings. The van der Waals surface area contributed by atoms with Gasteiger partial charge in [0.1, 0.15) is 41.1 Å². The van der Waals surface area contributed by atoms with Crippen molar-refractivity contribution in [2.75, 3.05) is 75.9 Å². The highest BCUT2D eigenvalue weighted by atomic mass is 16.5. The number of rotatable bonds is 35. The predicted molar refractivity (Wildman–Crippen MR) is 336 cm³/mol. The highest BCUT2D eigenvalue weighted by Gasteiger charge is 2.29. The van der Waals surface area contributed by atoms with Crippen LogP contribution in [0.1, 0.15) is 92.8 Å². The predicted octanol–water partition coefficient (Wildman–Crippen LogP) is -1.49. The molecule has 0 aromatic heterocycles. The number of carbonyl (C=O) groups is 8. The van der Waals surface area contributed by atoms with E-state index in [0.29, 0.717) is 6.42 Å². The molecule has 4 aromatic rings. The monoisotopic (exact) mass is 1240 g/mol. The van der Waals surface area contributed by atoms with Gasteiger partial charge in [-0.1, -0.05) is 0 Å². The van der Waals surface area contributed by atoms with Crippen LogP contribution in [0.3, 0.4) is 0 Å². The normalized spacial score (nSPS) is 11.9. The van der Waals surface area contributed by atoms with Crippen LogP contribution in [0, 0.1) is 0 Å². The Labute approximate surface area is 512 Å². The highest BCUT2D eigenvalue weighted by molar-refractivity contribution is 6.08. The first-order valence-electron chi connectivity index (χ1n) is 27.5. The number of anilines is 4. The number of guanidine groups is 4. The van der Waals surface area contributed by atoms with Crippen molar-refractivity contribution in [3.63, 3.8) is 0 Å².